The van der Waals surface area contributed by atoms with E-state index < -0.39 is 5.60 Å². The molecule has 1 aromatic heterocycles. The molecular weight excluding hydrogens is 348 g/mol. The minimum atomic E-state index is -0.466. The molecule has 2 aromatic rings. The summed E-state index contributed by atoms with van der Waals surface area (Å²) in [6.45, 7) is 11.2. The van der Waals surface area contributed by atoms with Crippen LogP contribution in [0.1, 0.15) is 52.2 Å². The van der Waals surface area contributed by atoms with Gasteiger partial charge >= 0.3 is 6.09 Å². The number of piperidine rings is 1. The summed E-state index contributed by atoms with van der Waals surface area (Å²) in [4.78, 5) is 19.0. The molecule has 148 valence electrons. The predicted octanol–water partition coefficient (Wildman–Crippen LogP) is 5.21. The van der Waals surface area contributed by atoms with Gasteiger partial charge in [-0.15, -0.1) is 0 Å². The van der Waals surface area contributed by atoms with Crippen molar-refractivity contribution in [3.8, 4) is 11.1 Å². The Labute approximate surface area is 167 Å². The van der Waals surface area contributed by atoms with Crippen LogP contribution in [0.3, 0.4) is 0 Å². The number of aromatic nitrogens is 1. The zero-order valence-corrected chi connectivity index (χ0v) is 17.5. The molecule has 1 aliphatic heterocycles. The highest BCUT2D eigenvalue weighted by Gasteiger charge is 2.50. The van der Waals surface area contributed by atoms with Crippen molar-refractivity contribution < 1.29 is 9.53 Å². The Bertz CT molecular complexity index is 887. The second kappa shape index (κ2) is 6.61. The van der Waals surface area contributed by atoms with E-state index in [1.807, 2.05) is 44.1 Å². The fraction of sp³-hybridized carbons (Fsp3) is 0.500. The van der Waals surface area contributed by atoms with Crippen LogP contribution in [0.15, 0.2) is 42.7 Å². The topological polar surface area (TPSA) is 42.4 Å². The zero-order chi connectivity index (χ0) is 20.1. The van der Waals surface area contributed by atoms with Gasteiger partial charge in [-0.25, -0.2) is 4.79 Å². The summed E-state index contributed by atoms with van der Waals surface area (Å²) >= 11 is 0. The lowest BCUT2D eigenvalue weighted by Gasteiger charge is -2.54. The number of hydrogen-bond donors (Lipinski definition) is 0. The van der Waals surface area contributed by atoms with E-state index in [2.05, 4.69) is 43.1 Å². The van der Waals surface area contributed by atoms with Gasteiger partial charge in [-0.3, -0.25) is 4.98 Å². The Kier molecular flexibility index (Phi) is 4.48. The van der Waals surface area contributed by atoms with E-state index in [4.69, 9.17) is 4.74 Å². The molecule has 0 N–H and O–H groups in total. The molecule has 28 heavy (non-hydrogen) atoms. The van der Waals surface area contributed by atoms with E-state index in [1.165, 1.54) is 16.7 Å². The van der Waals surface area contributed by atoms with Crippen LogP contribution < -0.4 is 0 Å². The average molecular weight is 379 g/mol. The maximum absolute atomic E-state index is 12.8. The standard InChI is InChI=1S/C24H30N2O2/c1-16-21-14-18-9-8-17(19-7-6-11-25-15-19)13-20(18)24(16,5)10-12-26(21)22(27)28-23(2,3)4/h6-9,11,13,15-16,21H,10,12,14H2,1-5H3/t16-,21-,24-/m1/s1. The van der Waals surface area contributed by atoms with Gasteiger partial charge in [-0.05, 0) is 73.3 Å². The first-order valence-corrected chi connectivity index (χ1v) is 10.2. The predicted molar refractivity (Wildman–Crippen MR) is 111 cm³/mol. The minimum Gasteiger partial charge on any atom is -0.444 e. The fourth-order valence-corrected chi connectivity index (χ4v) is 4.88. The third-order valence-electron chi connectivity index (χ3n) is 6.63. The number of fused-ring (bicyclic) bond motifs is 4. The van der Waals surface area contributed by atoms with E-state index >= 15 is 0 Å². The molecular formula is C24H30N2O2. The Hall–Kier alpha value is -2.36. The minimum absolute atomic E-state index is 0.0645. The smallest absolute Gasteiger partial charge is 0.410 e. The second-order valence-corrected chi connectivity index (χ2v) is 9.51. The van der Waals surface area contributed by atoms with Crippen LogP contribution in [0.25, 0.3) is 11.1 Å². The van der Waals surface area contributed by atoms with Gasteiger partial charge < -0.3 is 9.64 Å². The SMILES string of the molecule is C[C@@H]1[C@H]2Cc3ccc(-c4cccnc4)cc3[C@]1(C)CCN2C(=O)OC(C)(C)C. The zero-order valence-electron chi connectivity index (χ0n) is 17.5. The average Bonchev–Trinajstić information content (AvgIpc) is 2.63. The lowest BCUT2D eigenvalue weighted by molar-refractivity contribution is -0.0164. The molecule has 1 amide bonds. The molecule has 0 unspecified atom stereocenters. The van der Waals surface area contributed by atoms with Gasteiger partial charge in [-0.2, -0.15) is 0 Å². The van der Waals surface area contributed by atoms with Crippen molar-refractivity contribution in [2.45, 2.75) is 64.5 Å². The maximum atomic E-state index is 12.8. The number of amides is 1. The Morgan fingerprint density at radius 1 is 1.25 bits per heavy atom. The van der Waals surface area contributed by atoms with Crippen molar-refractivity contribution in [1.29, 1.82) is 0 Å². The summed E-state index contributed by atoms with van der Waals surface area (Å²) in [5.41, 5.74) is 4.75. The van der Waals surface area contributed by atoms with Crippen molar-refractivity contribution in [1.82, 2.24) is 9.88 Å². The maximum Gasteiger partial charge on any atom is 0.410 e. The summed E-state index contributed by atoms with van der Waals surface area (Å²) in [6, 6.07) is 11.1. The lowest BCUT2D eigenvalue weighted by Crippen LogP contribution is -2.60. The third-order valence-corrected chi connectivity index (χ3v) is 6.63. The summed E-state index contributed by atoms with van der Waals surface area (Å²) in [7, 11) is 0. The van der Waals surface area contributed by atoms with Crippen LogP contribution in [0, 0.1) is 5.92 Å². The number of carbonyl (C=O) groups excluding carboxylic acids is 1. The Morgan fingerprint density at radius 3 is 2.71 bits per heavy atom. The number of benzene rings is 1. The molecule has 0 spiro atoms. The molecule has 1 aliphatic carbocycles. The van der Waals surface area contributed by atoms with E-state index in [-0.39, 0.29) is 17.6 Å². The largest absolute Gasteiger partial charge is 0.444 e. The monoisotopic (exact) mass is 378 g/mol. The Morgan fingerprint density at radius 2 is 2.04 bits per heavy atom. The number of pyridine rings is 1. The molecule has 3 atom stereocenters. The van der Waals surface area contributed by atoms with Crippen molar-refractivity contribution in [2.24, 2.45) is 5.92 Å². The number of ether oxygens (including phenoxy) is 1. The normalized spacial score (nSPS) is 26.5. The van der Waals surface area contributed by atoms with Crippen LogP contribution in [0.5, 0.6) is 0 Å². The molecule has 2 heterocycles. The number of likely N-dealkylation sites (tertiary alicyclic amines) is 1. The molecule has 4 nitrogen and oxygen atoms in total. The van der Waals surface area contributed by atoms with Gasteiger partial charge in [0.15, 0.2) is 0 Å². The van der Waals surface area contributed by atoms with Crippen molar-refractivity contribution in [2.75, 3.05) is 6.54 Å². The van der Waals surface area contributed by atoms with Crippen molar-refractivity contribution in [3.63, 3.8) is 0 Å². The highest BCUT2D eigenvalue weighted by atomic mass is 16.6. The second-order valence-electron chi connectivity index (χ2n) is 9.51. The molecule has 4 rings (SSSR count). The molecule has 2 bridgehead atoms. The summed E-state index contributed by atoms with van der Waals surface area (Å²) in [5.74, 6) is 0.380. The lowest BCUT2D eigenvalue weighted by atomic mass is 9.59. The first kappa shape index (κ1) is 19.0. The summed E-state index contributed by atoms with van der Waals surface area (Å²) in [6.07, 6.45) is 5.39. The van der Waals surface area contributed by atoms with Crippen LogP contribution in [-0.4, -0.2) is 34.2 Å². The van der Waals surface area contributed by atoms with E-state index in [0.717, 1.165) is 24.9 Å². The van der Waals surface area contributed by atoms with Crippen LogP contribution in [0.4, 0.5) is 4.79 Å². The molecule has 1 aromatic carbocycles. The van der Waals surface area contributed by atoms with Gasteiger partial charge in [-0.1, -0.05) is 38.1 Å². The van der Waals surface area contributed by atoms with Crippen molar-refractivity contribution in [3.05, 3.63) is 53.9 Å². The van der Waals surface area contributed by atoms with Crippen LogP contribution >= 0.6 is 0 Å². The van der Waals surface area contributed by atoms with Crippen LogP contribution in [-0.2, 0) is 16.6 Å². The quantitative estimate of drug-likeness (QED) is 0.684. The molecule has 1 fully saturated rings. The van der Waals surface area contributed by atoms with E-state index in [9.17, 15) is 4.79 Å². The van der Waals surface area contributed by atoms with Gasteiger partial charge in [0.1, 0.15) is 5.60 Å². The van der Waals surface area contributed by atoms with E-state index in [1.54, 1.807) is 0 Å². The molecule has 2 aliphatic rings. The number of rotatable bonds is 1. The van der Waals surface area contributed by atoms with Gasteiger partial charge in [0.2, 0.25) is 0 Å². The number of carbonyl (C=O) groups is 1. The number of hydrogen-bond acceptors (Lipinski definition) is 3. The van der Waals surface area contributed by atoms with Crippen LogP contribution in [0.2, 0.25) is 0 Å². The van der Waals surface area contributed by atoms with Crippen molar-refractivity contribution >= 4 is 6.09 Å². The fourth-order valence-electron chi connectivity index (χ4n) is 4.88. The summed E-state index contributed by atoms with van der Waals surface area (Å²) < 4.78 is 5.69. The first-order chi connectivity index (χ1) is 13.2. The van der Waals surface area contributed by atoms with E-state index in [0.29, 0.717) is 5.92 Å². The molecule has 1 saturated heterocycles. The molecule has 4 heteroatoms. The molecule has 0 saturated carbocycles. The van der Waals surface area contributed by atoms with Gasteiger partial charge in [0, 0.05) is 25.0 Å². The highest BCUT2D eigenvalue weighted by Crippen LogP contribution is 2.49. The summed E-state index contributed by atoms with van der Waals surface area (Å²) in [5, 5.41) is 0. The van der Waals surface area contributed by atoms with Gasteiger partial charge in [0.05, 0.1) is 0 Å². The first-order valence-electron chi connectivity index (χ1n) is 10.2. The Balaban J connectivity index is 1.69. The highest BCUT2D eigenvalue weighted by molar-refractivity contribution is 5.70. The third kappa shape index (κ3) is 3.19. The number of nitrogens with zero attached hydrogens (tertiary/aromatic N) is 2. The van der Waals surface area contributed by atoms with Gasteiger partial charge in [0.25, 0.3) is 0 Å². The molecule has 0 radical (unpaired) electrons.